The van der Waals surface area contributed by atoms with Gasteiger partial charge in [-0.1, -0.05) is 65.2 Å². The van der Waals surface area contributed by atoms with Crippen LogP contribution in [0.4, 0.5) is 0 Å². The fourth-order valence-corrected chi connectivity index (χ4v) is 2.15. The van der Waals surface area contributed by atoms with E-state index in [0.717, 1.165) is 5.92 Å². The van der Waals surface area contributed by atoms with Crippen molar-refractivity contribution in [2.24, 2.45) is 5.92 Å². The minimum atomic E-state index is 1.02. The third kappa shape index (κ3) is 10.2. The predicted octanol–water partition coefficient (Wildman–Crippen LogP) is 4.37. The van der Waals surface area contributed by atoms with Crippen molar-refractivity contribution in [1.82, 2.24) is 5.32 Å². The van der Waals surface area contributed by atoms with Gasteiger partial charge in [0.15, 0.2) is 0 Å². The molecule has 1 N–H and O–H groups in total. The minimum Gasteiger partial charge on any atom is -0.320 e. The van der Waals surface area contributed by atoms with Gasteiger partial charge >= 0.3 is 0 Å². The van der Waals surface area contributed by atoms with E-state index in [-0.39, 0.29) is 0 Å². The van der Waals surface area contributed by atoms with Crippen LogP contribution in [0.25, 0.3) is 0 Å². The predicted molar refractivity (Wildman–Crippen MR) is 70.3 cm³/mol. The Labute approximate surface area is 97.0 Å². The standard InChI is InChI=1S/C14H31N/c1-4-6-10-14(11-7-5-2)12-8-9-13-15-3/h14-15H,4-13H2,1-3H3. The van der Waals surface area contributed by atoms with Crippen molar-refractivity contribution >= 4 is 0 Å². The molecule has 1 nitrogen and oxygen atoms in total. The fraction of sp³-hybridized carbons (Fsp3) is 1.00. The first kappa shape index (κ1) is 15.0. The van der Waals surface area contributed by atoms with E-state index in [9.17, 15) is 0 Å². The summed E-state index contributed by atoms with van der Waals surface area (Å²) in [6.45, 7) is 5.80. The number of nitrogens with one attached hydrogen (secondary N) is 1. The lowest BCUT2D eigenvalue weighted by Crippen LogP contribution is -2.08. The maximum atomic E-state index is 3.23. The summed E-state index contributed by atoms with van der Waals surface area (Å²) in [6.07, 6.45) is 12.7. The molecule has 0 saturated heterocycles. The van der Waals surface area contributed by atoms with Crippen LogP contribution in [0.15, 0.2) is 0 Å². The molecule has 0 heterocycles. The van der Waals surface area contributed by atoms with Gasteiger partial charge in [0, 0.05) is 0 Å². The summed E-state index contributed by atoms with van der Waals surface area (Å²) in [5, 5.41) is 3.23. The van der Waals surface area contributed by atoms with Crippen LogP contribution >= 0.6 is 0 Å². The Balaban J connectivity index is 3.49. The summed E-state index contributed by atoms with van der Waals surface area (Å²) in [5.74, 6) is 1.02. The number of rotatable bonds is 11. The van der Waals surface area contributed by atoms with E-state index >= 15 is 0 Å². The molecule has 0 unspecified atom stereocenters. The second-order valence-corrected chi connectivity index (χ2v) is 4.75. The molecule has 0 rings (SSSR count). The third-order valence-corrected chi connectivity index (χ3v) is 3.22. The van der Waals surface area contributed by atoms with Gasteiger partial charge in [-0.2, -0.15) is 0 Å². The van der Waals surface area contributed by atoms with Crippen molar-refractivity contribution < 1.29 is 0 Å². The first-order valence-electron chi connectivity index (χ1n) is 6.99. The van der Waals surface area contributed by atoms with E-state index in [4.69, 9.17) is 0 Å². The molecule has 0 aromatic carbocycles. The molecule has 0 aromatic heterocycles. The molecule has 0 fully saturated rings. The molecule has 0 aliphatic heterocycles. The van der Waals surface area contributed by atoms with Gasteiger partial charge in [-0.15, -0.1) is 0 Å². The van der Waals surface area contributed by atoms with Crippen LogP contribution in [0.2, 0.25) is 0 Å². The van der Waals surface area contributed by atoms with Crippen molar-refractivity contribution in [2.45, 2.75) is 71.6 Å². The molecular weight excluding hydrogens is 182 g/mol. The lowest BCUT2D eigenvalue weighted by Gasteiger charge is -2.16. The maximum absolute atomic E-state index is 3.23. The van der Waals surface area contributed by atoms with Crippen molar-refractivity contribution in [2.75, 3.05) is 13.6 Å². The average molecular weight is 213 g/mol. The highest BCUT2D eigenvalue weighted by molar-refractivity contribution is 4.60. The molecule has 0 spiro atoms. The van der Waals surface area contributed by atoms with Gasteiger partial charge in [0.25, 0.3) is 0 Å². The molecule has 92 valence electrons. The van der Waals surface area contributed by atoms with Gasteiger partial charge in [-0.05, 0) is 25.9 Å². The summed E-state index contributed by atoms with van der Waals surface area (Å²) >= 11 is 0. The molecule has 0 amide bonds. The maximum Gasteiger partial charge on any atom is -0.00519 e. The van der Waals surface area contributed by atoms with E-state index < -0.39 is 0 Å². The average Bonchev–Trinajstić information content (AvgIpc) is 2.27. The van der Waals surface area contributed by atoms with E-state index in [1.54, 1.807) is 0 Å². The lowest BCUT2D eigenvalue weighted by atomic mass is 9.91. The molecular formula is C14H31N. The highest BCUT2D eigenvalue weighted by atomic mass is 14.8. The van der Waals surface area contributed by atoms with Gasteiger partial charge in [-0.3, -0.25) is 0 Å². The van der Waals surface area contributed by atoms with Crippen molar-refractivity contribution in [3.05, 3.63) is 0 Å². The van der Waals surface area contributed by atoms with Gasteiger partial charge in [0.05, 0.1) is 0 Å². The number of unbranched alkanes of at least 4 members (excludes halogenated alkanes) is 3. The normalized spacial score (nSPS) is 11.2. The van der Waals surface area contributed by atoms with Crippen molar-refractivity contribution in [3.63, 3.8) is 0 Å². The Kier molecular flexibility index (Phi) is 12.0. The first-order valence-corrected chi connectivity index (χ1v) is 6.99. The molecule has 0 aromatic rings. The Morgan fingerprint density at radius 1 is 0.800 bits per heavy atom. The zero-order chi connectivity index (χ0) is 11.4. The highest BCUT2D eigenvalue weighted by Gasteiger charge is 2.07. The molecule has 0 bridgehead atoms. The third-order valence-electron chi connectivity index (χ3n) is 3.22. The molecule has 1 heteroatoms. The largest absolute Gasteiger partial charge is 0.320 e. The SMILES string of the molecule is CCCCC(CCCC)CCCCNC. The van der Waals surface area contributed by atoms with Crippen LogP contribution in [0, 0.1) is 5.92 Å². The van der Waals surface area contributed by atoms with E-state index in [1.165, 1.54) is 64.3 Å². The van der Waals surface area contributed by atoms with Crippen LogP contribution < -0.4 is 5.32 Å². The molecule has 0 saturated carbocycles. The van der Waals surface area contributed by atoms with Gasteiger partial charge in [-0.25, -0.2) is 0 Å². The van der Waals surface area contributed by atoms with Crippen LogP contribution in [0.3, 0.4) is 0 Å². The van der Waals surface area contributed by atoms with E-state index in [1.807, 2.05) is 7.05 Å². The monoisotopic (exact) mass is 213 g/mol. The number of hydrogen-bond donors (Lipinski definition) is 1. The Bertz CT molecular complexity index is 104. The zero-order valence-electron chi connectivity index (χ0n) is 11.1. The number of hydrogen-bond acceptors (Lipinski definition) is 1. The summed E-state index contributed by atoms with van der Waals surface area (Å²) < 4.78 is 0. The minimum absolute atomic E-state index is 1.02. The second kappa shape index (κ2) is 12.0. The molecule has 0 atom stereocenters. The van der Waals surface area contributed by atoms with Crippen LogP contribution in [0.5, 0.6) is 0 Å². The van der Waals surface area contributed by atoms with Gasteiger partial charge < -0.3 is 5.32 Å². The van der Waals surface area contributed by atoms with Gasteiger partial charge in [0.1, 0.15) is 0 Å². The van der Waals surface area contributed by atoms with Crippen LogP contribution in [-0.4, -0.2) is 13.6 Å². The van der Waals surface area contributed by atoms with Crippen molar-refractivity contribution in [3.8, 4) is 0 Å². The second-order valence-electron chi connectivity index (χ2n) is 4.75. The summed E-state index contributed by atoms with van der Waals surface area (Å²) in [6, 6.07) is 0. The van der Waals surface area contributed by atoms with Gasteiger partial charge in [0.2, 0.25) is 0 Å². The van der Waals surface area contributed by atoms with E-state index in [0.29, 0.717) is 0 Å². The Hall–Kier alpha value is -0.0400. The highest BCUT2D eigenvalue weighted by Crippen LogP contribution is 2.21. The molecule has 0 aliphatic rings. The summed E-state index contributed by atoms with van der Waals surface area (Å²) in [5.41, 5.74) is 0. The summed E-state index contributed by atoms with van der Waals surface area (Å²) in [4.78, 5) is 0. The quantitative estimate of drug-likeness (QED) is 0.502. The molecule has 0 aliphatic carbocycles. The van der Waals surface area contributed by atoms with Crippen molar-refractivity contribution in [1.29, 1.82) is 0 Å². The fourth-order valence-electron chi connectivity index (χ4n) is 2.15. The zero-order valence-corrected chi connectivity index (χ0v) is 11.1. The van der Waals surface area contributed by atoms with Crippen LogP contribution in [0.1, 0.15) is 71.6 Å². The Morgan fingerprint density at radius 2 is 1.33 bits per heavy atom. The van der Waals surface area contributed by atoms with Crippen LogP contribution in [-0.2, 0) is 0 Å². The first-order chi connectivity index (χ1) is 7.35. The Morgan fingerprint density at radius 3 is 1.80 bits per heavy atom. The smallest absolute Gasteiger partial charge is 0.00519 e. The molecule has 15 heavy (non-hydrogen) atoms. The topological polar surface area (TPSA) is 12.0 Å². The molecule has 0 radical (unpaired) electrons. The lowest BCUT2D eigenvalue weighted by molar-refractivity contribution is 0.379. The van der Waals surface area contributed by atoms with E-state index in [2.05, 4.69) is 19.2 Å². The summed E-state index contributed by atoms with van der Waals surface area (Å²) in [7, 11) is 2.05.